The Labute approximate surface area is 170 Å². The molecule has 0 saturated heterocycles. The highest BCUT2D eigenvalue weighted by molar-refractivity contribution is 6.03. The maximum Gasteiger partial charge on any atom is 0.275 e. The van der Waals surface area contributed by atoms with Gasteiger partial charge in [0.1, 0.15) is 11.5 Å². The van der Waals surface area contributed by atoms with Crippen LogP contribution in [0.4, 0.5) is 17.2 Å². The average molecular weight is 388 g/mol. The summed E-state index contributed by atoms with van der Waals surface area (Å²) in [6.07, 6.45) is 4.63. The fraction of sp³-hybridized carbons (Fsp3) is 0.217. The third-order valence-electron chi connectivity index (χ3n) is 4.69. The number of carbonyl (C=O) groups excluding carboxylic acids is 2. The quantitative estimate of drug-likeness (QED) is 0.568. The van der Waals surface area contributed by atoms with E-state index in [1.54, 1.807) is 24.3 Å². The van der Waals surface area contributed by atoms with E-state index in [1.165, 1.54) is 19.3 Å². The second kappa shape index (κ2) is 9.10. The van der Waals surface area contributed by atoms with Crippen LogP contribution in [0.5, 0.6) is 0 Å². The molecule has 0 spiro atoms. The molecule has 3 rings (SSSR count). The van der Waals surface area contributed by atoms with Gasteiger partial charge in [-0.1, -0.05) is 32.0 Å². The van der Waals surface area contributed by atoms with E-state index in [-0.39, 0.29) is 17.4 Å². The highest BCUT2D eigenvalue weighted by atomic mass is 16.2. The number of aryl methyl sites for hydroxylation is 2. The Hall–Kier alpha value is -3.54. The van der Waals surface area contributed by atoms with Crippen LogP contribution in [0.25, 0.3) is 0 Å². The lowest BCUT2D eigenvalue weighted by Crippen LogP contribution is -2.16. The predicted octanol–water partition coefficient (Wildman–Crippen LogP) is 4.80. The third kappa shape index (κ3) is 4.85. The normalized spacial score (nSPS) is 10.4. The number of hydrogen-bond acceptors (Lipinski definition) is 5. The van der Waals surface area contributed by atoms with E-state index >= 15 is 0 Å². The van der Waals surface area contributed by atoms with Crippen molar-refractivity contribution in [2.24, 2.45) is 0 Å². The number of benzene rings is 2. The maximum absolute atomic E-state index is 12.7. The van der Waals surface area contributed by atoms with E-state index in [2.05, 4.69) is 34.4 Å². The van der Waals surface area contributed by atoms with Gasteiger partial charge in [0.05, 0.1) is 12.4 Å². The topological polar surface area (TPSA) is 84.0 Å². The Bertz CT molecular complexity index is 990. The van der Waals surface area contributed by atoms with Crippen LogP contribution in [-0.2, 0) is 12.8 Å². The number of hydrogen-bond donors (Lipinski definition) is 2. The molecule has 3 aromatic rings. The molecule has 0 radical (unpaired) electrons. The zero-order valence-corrected chi connectivity index (χ0v) is 16.8. The average Bonchev–Trinajstić information content (AvgIpc) is 2.74. The molecule has 0 saturated carbocycles. The summed E-state index contributed by atoms with van der Waals surface area (Å²) in [4.78, 5) is 32.5. The molecule has 6 nitrogen and oxygen atoms in total. The lowest BCUT2D eigenvalue weighted by atomic mass is 10.0. The Morgan fingerprint density at radius 1 is 0.897 bits per heavy atom. The number of anilines is 3. The number of amides is 1. The van der Waals surface area contributed by atoms with Gasteiger partial charge in [-0.05, 0) is 55.2 Å². The molecule has 1 amide bonds. The Morgan fingerprint density at radius 2 is 1.55 bits per heavy atom. The Kier molecular flexibility index (Phi) is 6.34. The molecule has 0 aliphatic rings. The molecular formula is C23H24N4O2. The molecular weight excluding hydrogens is 364 g/mol. The number of aromatic nitrogens is 2. The fourth-order valence-corrected chi connectivity index (χ4v) is 3.03. The van der Waals surface area contributed by atoms with Crippen molar-refractivity contribution >= 4 is 28.9 Å². The molecule has 0 bridgehead atoms. The lowest BCUT2D eigenvalue weighted by Gasteiger charge is -2.14. The molecule has 1 heterocycles. The van der Waals surface area contributed by atoms with Gasteiger partial charge in [0.2, 0.25) is 0 Å². The van der Waals surface area contributed by atoms with E-state index in [9.17, 15) is 9.59 Å². The second-order valence-corrected chi connectivity index (χ2v) is 6.66. The number of para-hydroxylation sites is 1. The first-order chi connectivity index (χ1) is 14.0. The third-order valence-corrected chi connectivity index (χ3v) is 4.69. The monoisotopic (exact) mass is 388 g/mol. The minimum atomic E-state index is -0.287. The fourth-order valence-electron chi connectivity index (χ4n) is 3.03. The first kappa shape index (κ1) is 20.2. The molecule has 0 fully saturated rings. The standard InChI is InChI=1S/C23H24N4O2/c1-4-16-7-6-8-17(5-2)22(16)27-23(29)20-13-25-21(14-24-20)26-19-11-9-18(10-12-19)15(3)28/h6-14H,4-5H2,1-3H3,(H,25,26)(H,27,29). The van der Waals surface area contributed by atoms with Gasteiger partial charge >= 0.3 is 0 Å². The van der Waals surface area contributed by atoms with E-state index in [1.807, 2.05) is 18.2 Å². The van der Waals surface area contributed by atoms with Crippen molar-refractivity contribution in [2.45, 2.75) is 33.6 Å². The minimum Gasteiger partial charge on any atom is -0.339 e. The largest absolute Gasteiger partial charge is 0.339 e. The van der Waals surface area contributed by atoms with Crippen molar-refractivity contribution in [3.63, 3.8) is 0 Å². The number of nitrogens with one attached hydrogen (secondary N) is 2. The van der Waals surface area contributed by atoms with Crippen LogP contribution in [-0.4, -0.2) is 21.7 Å². The molecule has 0 unspecified atom stereocenters. The first-order valence-corrected chi connectivity index (χ1v) is 9.64. The van der Waals surface area contributed by atoms with Crippen LogP contribution in [0.3, 0.4) is 0 Å². The van der Waals surface area contributed by atoms with Gasteiger partial charge in [-0.3, -0.25) is 9.59 Å². The van der Waals surface area contributed by atoms with Gasteiger partial charge in [-0.2, -0.15) is 0 Å². The van der Waals surface area contributed by atoms with Gasteiger partial charge in [0.25, 0.3) is 5.91 Å². The molecule has 148 valence electrons. The highest BCUT2D eigenvalue weighted by Gasteiger charge is 2.13. The molecule has 0 aliphatic carbocycles. The van der Waals surface area contributed by atoms with Crippen molar-refractivity contribution in [2.75, 3.05) is 10.6 Å². The Morgan fingerprint density at radius 3 is 2.07 bits per heavy atom. The molecule has 6 heteroatoms. The summed E-state index contributed by atoms with van der Waals surface area (Å²) in [7, 11) is 0. The van der Waals surface area contributed by atoms with Crippen molar-refractivity contribution in [3.05, 3.63) is 77.2 Å². The van der Waals surface area contributed by atoms with E-state index in [4.69, 9.17) is 0 Å². The number of Topliss-reactive ketones (excluding diaryl/α,β-unsaturated/α-hetero) is 1. The predicted molar refractivity (Wildman–Crippen MR) is 115 cm³/mol. The number of ketones is 1. The molecule has 29 heavy (non-hydrogen) atoms. The second-order valence-electron chi connectivity index (χ2n) is 6.66. The van der Waals surface area contributed by atoms with Crippen molar-refractivity contribution in [1.29, 1.82) is 0 Å². The van der Waals surface area contributed by atoms with Gasteiger partial charge in [0.15, 0.2) is 5.78 Å². The van der Waals surface area contributed by atoms with Crippen molar-refractivity contribution in [3.8, 4) is 0 Å². The van der Waals surface area contributed by atoms with Gasteiger partial charge in [0, 0.05) is 16.9 Å². The minimum absolute atomic E-state index is 0.0163. The SMILES string of the molecule is CCc1cccc(CC)c1NC(=O)c1cnc(Nc2ccc(C(C)=O)cc2)cn1. The zero-order chi connectivity index (χ0) is 20.8. The number of nitrogens with zero attached hydrogens (tertiary/aromatic N) is 2. The van der Waals surface area contributed by atoms with Crippen molar-refractivity contribution in [1.82, 2.24) is 9.97 Å². The van der Waals surface area contributed by atoms with Gasteiger partial charge in [-0.25, -0.2) is 9.97 Å². The molecule has 0 aliphatic heterocycles. The Balaban J connectivity index is 1.72. The van der Waals surface area contributed by atoms with Crippen LogP contribution in [0, 0.1) is 0 Å². The molecule has 2 N–H and O–H groups in total. The number of rotatable bonds is 7. The summed E-state index contributed by atoms with van der Waals surface area (Å²) < 4.78 is 0. The lowest BCUT2D eigenvalue weighted by molar-refractivity contribution is 0.101. The highest BCUT2D eigenvalue weighted by Crippen LogP contribution is 2.23. The summed E-state index contributed by atoms with van der Waals surface area (Å²) in [5, 5.41) is 6.10. The van der Waals surface area contributed by atoms with Gasteiger partial charge < -0.3 is 10.6 Å². The van der Waals surface area contributed by atoms with Crippen LogP contribution >= 0.6 is 0 Å². The summed E-state index contributed by atoms with van der Waals surface area (Å²) in [5.74, 6) is 0.244. The molecule has 2 aromatic carbocycles. The summed E-state index contributed by atoms with van der Waals surface area (Å²) >= 11 is 0. The summed E-state index contributed by atoms with van der Waals surface area (Å²) in [6, 6.07) is 13.1. The maximum atomic E-state index is 12.7. The smallest absolute Gasteiger partial charge is 0.275 e. The van der Waals surface area contributed by atoms with Crippen LogP contribution in [0.2, 0.25) is 0 Å². The van der Waals surface area contributed by atoms with Crippen LogP contribution in [0.1, 0.15) is 52.7 Å². The first-order valence-electron chi connectivity index (χ1n) is 9.64. The molecule has 0 atom stereocenters. The van der Waals surface area contributed by atoms with E-state index < -0.39 is 0 Å². The van der Waals surface area contributed by atoms with Crippen molar-refractivity contribution < 1.29 is 9.59 Å². The summed E-state index contributed by atoms with van der Waals surface area (Å²) in [5.41, 5.74) is 4.72. The summed E-state index contributed by atoms with van der Waals surface area (Å²) in [6.45, 7) is 5.65. The van der Waals surface area contributed by atoms with E-state index in [0.717, 1.165) is 35.3 Å². The van der Waals surface area contributed by atoms with Crippen LogP contribution in [0.15, 0.2) is 54.9 Å². The van der Waals surface area contributed by atoms with Crippen LogP contribution < -0.4 is 10.6 Å². The zero-order valence-electron chi connectivity index (χ0n) is 16.8. The van der Waals surface area contributed by atoms with Gasteiger partial charge in [-0.15, -0.1) is 0 Å². The van der Waals surface area contributed by atoms with E-state index in [0.29, 0.717) is 11.4 Å². The number of carbonyl (C=O) groups is 2. The molecule has 1 aromatic heterocycles.